The molecule has 0 aliphatic heterocycles. The predicted molar refractivity (Wildman–Crippen MR) is 87.5 cm³/mol. The minimum Gasteiger partial charge on any atom is -0.548 e. The first kappa shape index (κ1) is 16.8. The maximum atomic E-state index is 11.1. The highest BCUT2D eigenvalue weighted by Crippen LogP contribution is 2.30. The summed E-state index contributed by atoms with van der Waals surface area (Å²) in [6.45, 7) is 3.17. The fourth-order valence-electron chi connectivity index (χ4n) is 2.00. The first-order valence-corrected chi connectivity index (χ1v) is 8.32. The molecule has 0 aliphatic rings. The fourth-order valence-corrected chi connectivity index (χ4v) is 3.50. The molecule has 1 aromatic carbocycles. The number of hydrogen-bond acceptors (Lipinski definition) is 5. The Balaban J connectivity index is 2.28. The van der Waals surface area contributed by atoms with Crippen molar-refractivity contribution in [2.45, 2.75) is 24.8 Å². The van der Waals surface area contributed by atoms with E-state index in [4.69, 9.17) is 0 Å². The second-order valence-electron chi connectivity index (χ2n) is 4.81. The number of carbonyl (C=O) groups excluding carboxylic acids is 2. The number of thioether (sulfide) groups is 1. The van der Waals surface area contributed by atoms with Crippen LogP contribution >= 0.6 is 27.7 Å². The Morgan fingerprint density at radius 3 is 2.77 bits per heavy atom. The average molecular weight is 382 g/mol. The summed E-state index contributed by atoms with van der Waals surface area (Å²) in [5, 5.41) is 14.4. The molecule has 5 nitrogen and oxygen atoms in total. The topological polar surface area (TPSA) is 82.1 Å². The van der Waals surface area contributed by atoms with Gasteiger partial charge in [0.15, 0.2) is 0 Å². The first-order chi connectivity index (χ1) is 10.4. The van der Waals surface area contributed by atoms with Crippen LogP contribution in [0, 0.1) is 6.92 Å². The van der Waals surface area contributed by atoms with Gasteiger partial charge in [-0.1, -0.05) is 15.9 Å². The van der Waals surface area contributed by atoms with Crippen molar-refractivity contribution in [3.8, 4) is 0 Å². The van der Waals surface area contributed by atoms with Crippen LogP contribution in [0.1, 0.15) is 12.6 Å². The molecule has 1 N–H and O–H groups in total. The molecule has 0 radical (unpaired) electrons. The highest BCUT2D eigenvalue weighted by atomic mass is 79.9. The van der Waals surface area contributed by atoms with Gasteiger partial charge in [-0.05, 0) is 31.2 Å². The van der Waals surface area contributed by atoms with Gasteiger partial charge >= 0.3 is 0 Å². The van der Waals surface area contributed by atoms with Crippen LogP contribution < -0.4 is 10.4 Å². The quantitative estimate of drug-likeness (QED) is 0.796. The molecule has 0 spiro atoms. The summed E-state index contributed by atoms with van der Waals surface area (Å²) in [6, 6.07) is 6.62. The van der Waals surface area contributed by atoms with Crippen LogP contribution in [-0.4, -0.2) is 28.7 Å². The van der Waals surface area contributed by atoms with E-state index in [9.17, 15) is 14.7 Å². The molecule has 2 aromatic rings. The zero-order valence-electron chi connectivity index (χ0n) is 12.1. The van der Waals surface area contributed by atoms with Crippen LogP contribution in [0.4, 0.5) is 0 Å². The van der Waals surface area contributed by atoms with Gasteiger partial charge in [0.05, 0.1) is 17.5 Å². The lowest BCUT2D eigenvalue weighted by atomic mass is 10.2. The van der Waals surface area contributed by atoms with E-state index >= 15 is 0 Å². The average Bonchev–Trinajstić information content (AvgIpc) is 2.43. The molecule has 116 valence electrons. The number of aryl methyl sites for hydroxylation is 1. The maximum absolute atomic E-state index is 11.1. The van der Waals surface area contributed by atoms with E-state index in [1.807, 2.05) is 31.2 Å². The molecule has 1 aromatic heterocycles. The second-order valence-corrected chi connectivity index (χ2v) is 6.78. The predicted octanol–water partition coefficient (Wildman–Crippen LogP) is 1.65. The van der Waals surface area contributed by atoms with Crippen molar-refractivity contribution in [1.82, 2.24) is 10.3 Å². The lowest BCUT2D eigenvalue weighted by Gasteiger charge is -2.19. The molecule has 0 fully saturated rings. The summed E-state index contributed by atoms with van der Waals surface area (Å²) in [6.07, 6.45) is 0. The molecule has 1 heterocycles. The van der Waals surface area contributed by atoms with Crippen molar-refractivity contribution in [1.29, 1.82) is 0 Å². The number of carbonyl (C=O) groups is 2. The number of benzene rings is 1. The fraction of sp³-hybridized carbons (Fsp3) is 0.267. The number of carboxylic acids is 1. The molecule has 1 amide bonds. The van der Waals surface area contributed by atoms with Crippen LogP contribution in [0.15, 0.2) is 33.6 Å². The lowest BCUT2D eigenvalue weighted by molar-refractivity contribution is -0.307. The van der Waals surface area contributed by atoms with Crippen LogP contribution in [0.25, 0.3) is 10.9 Å². The van der Waals surface area contributed by atoms with Crippen LogP contribution in [0.2, 0.25) is 0 Å². The van der Waals surface area contributed by atoms with E-state index in [0.29, 0.717) is 0 Å². The number of aliphatic carboxylic acids is 1. The van der Waals surface area contributed by atoms with E-state index in [0.717, 1.165) is 26.0 Å². The van der Waals surface area contributed by atoms with Gasteiger partial charge in [-0.25, -0.2) is 0 Å². The summed E-state index contributed by atoms with van der Waals surface area (Å²) >= 11 is 4.78. The summed E-state index contributed by atoms with van der Waals surface area (Å²) in [5.41, 5.74) is 1.69. The Morgan fingerprint density at radius 1 is 1.41 bits per heavy atom. The van der Waals surface area contributed by atoms with E-state index in [1.54, 1.807) is 0 Å². The van der Waals surface area contributed by atoms with Crippen LogP contribution in [0.5, 0.6) is 0 Å². The summed E-state index contributed by atoms with van der Waals surface area (Å²) in [5.74, 6) is -1.50. The van der Waals surface area contributed by atoms with Gasteiger partial charge in [0, 0.05) is 33.1 Å². The number of amides is 1. The summed E-state index contributed by atoms with van der Waals surface area (Å²) in [7, 11) is 0. The number of nitrogens with zero attached hydrogens (tertiary/aromatic N) is 1. The third-order valence-electron chi connectivity index (χ3n) is 2.93. The standard InChI is InChI=1S/C15H15BrN2O3S/c1-8-5-14(11-6-10(16)3-4-12(11)17-8)22-7-13(15(20)21)18-9(2)19/h3-6,13H,7H2,1-2H3,(H,18,19)(H,20,21)/p-1. The van der Waals surface area contributed by atoms with Gasteiger partial charge in [-0.2, -0.15) is 0 Å². The van der Waals surface area contributed by atoms with Crippen LogP contribution in [-0.2, 0) is 9.59 Å². The third-order valence-corrected chi connectivity index (χ3v) is 4.57. The van der Waals surface area contributed by atoms with Gasteiger partial charge in [0.2, 0.25) is 5.91 Å². The van der Waals surface area contributed by atoms with Crippen molar-refractivity contribution in [2.75, 3.05) is 5.75 Å². The van der Waals surface area contributed by atoms with Gasteiger partial charge in [0.25, 0.3) is 0 Å². The van der Waals surface area contributed by atoms with Crippen LogP contribution in [0.3, 0.4) is 0 Å². The Bertz CT molecular complexity index is 736. The minimum absolute atomic E-state index is 0.187. The van der Waals surface area contributed by atoms with E-state index in [-0.39, 0.29) is 5.75 Å². The normalized spacial score (nSPS) is 12.1. The number of aromatic nitrogens is 1. The molecule has 1 atom stereocenters. The molecule has 0 bridgehead atoms. The van der Waals surface area contributed by atoms with E-state index in [2.05, 4.69) is 26.2 Å². The highest BCUT2D eigenvalue weighted by Gasteiger charge is 2.13. The number of carboxylic acid groups (broad SMARTS) is 1. The zero-order chi connectivity index (χ0) is 16.3. The molecular formula is C15H14BrN2O3S-. The summed E-state index contributed by atoms with van der Waals surface area (Å²) < 4.78 is 0.922. The van der Waals surface area contributed by atoms with E-state index in [1.165, 1.54) is 18.7 Å². The molecule has 0 saturated heterocycles. The highest BCUT2D eigenvalue weighted by molar-refractivity contribution is 9.10. The Morgan fingerprint density at radius 2 is 2.14 bits per heavy atom. The monoisotopic (exact) mass is 381 g/mol. The zero-order valence-corrected chi connectivity index (χ0v) is 14.5. The number of rotatable bonds is 5. The number of halogens is 1. The van der Waals surface area contributed by atoms with Gasteiger partial charge in [0.1, 0.15) is 0 Å². The smallest absolute Gasteiger partial charge is 0.217 e. The molecule has 0 saturated carbocycles. The Kier molecular flexibility index (Phi) is 5.42. The molecule has 1 unspecified atom stereocenters. The third kappa shape index (κ3) is 4.20. The van der Waals surface area contributed by atoms with Gasteiger partial charge in [-0.3, -0.25) is 9.78 Å². The second kappa shape index (κ2) is 7.11. The minimum atomic E-state index is -1.29. The van der Waals surface area contributed by atoms with Gasteiger partial charge < -0.3 is 15.2 Å². The van der Waals surface area contributed by atoms with Crippen molar-refractivity contribution in [3.05, 3.63) is 34.4 Å². The van der Waals surface area contributed by atoms with Gasteiger partial charge in [-0.15, -0.1) is 11.8 Å². The number of fused-ring (bicyclic) bond motifs is 1. The molecule has 22 heavy (non-hydrogen) atoms. The molecular weight excluding hydrogens is 368 g/mol. The lowest BCUT2D eigenvalue weighted by Crippen LogP contribution is -2.48. The molecule has 7 heteroatoms. The van der Waals surface area contributed by atoms with Crippen molar-refractivity contribution < 1.29 is 14.7 Å². The van der Waals surface area contributed by atoms with Crippen molar-refractivity contribution >= 4 is 50.5 Å². The Labute approximate surface area is 140 Å². The number of pyridine rings is 1. The number of hydrogen-bond donors (Lipinski definition) is 1. The largest absolute Gasteiger partial charge is 0.548 e. The SMILES string of the molecule is CC(=O)NC(CSc1cc(C)nc2ccc(Br)cc12)C(=O)[O-]. The first-order valence-electron chi connectivity index (χ1n) is 6.54. The maximum Gasteiger partial charge on any atom is 0.217 e. The Hall–Kier alpha value is -1.60. The summed E-state index contributed by atoms with van der Waals surface area (Å²) in [4.78, 5) is 27.5. The molecule has 0 aliphatic carbocycles. The van der Waals surface area contributed by atoms with Crippen molar-refractivity contribution in [2.24, 2.45) is 0 Å². The molecule has 2 rings (SSSR count). The van der Waals surface area contributed by atoms with Crippen molar-refractivity contribution in [3.63, 3.8) is 0 Å². The van der Waals surface area contributed by atoms with E-state index < -0.39 is 17.9 Å². The number of nitrogens with one attached hydrogen (secondary N) is 1.